The molecule has 7 heteroatoms. The van der Waals surface area contributed by atoms with Gasteiger partial charge in [-0.15, -0.1) is 0 Å². The Morgan fingerprint density at radius 1 is 1.50 bits per heavy atom. The second-order valence-electron chi connectivity index (χ2n) is 4.54. The van der Waals surface area contributed by atoms with Crippen LogP contribution in [0.4, 0.5) is 8.78 Å². The quantitative estimate of drug-likeness (QED) is 0.780. The molecule has 1 unspecified atom stereocenters. The van der Waals surface area contributed by atoms with Crippen LogP contribution in [-0.4, -0.2) is 30.3 Å². The third-order valence-electron chi connectivity index (χ3n) is 3.04. The van der Waals surface area contributed by atoms with Crippen molar-refractivity contribution in [3.05, 3.63) is 17.3 Å². The minimum Gasteiger partial charge on any atom is -0.460 e. The Hall–Kier alpha value is -1.50. The number of carbonyl (C=O) groups excluding carboxylic acids is 1. The molecule has 0 spiro atoms. The van der Waals surface area contributed by atoms with E-state index in [0.717, 1.165) is 19.3 Å². The molecule has 5 nitrogen and oxygen atoms in total. The summed E-state index contributed by atoms with van der Waals surface area (Å²) in [6, 6.07) is 0. The van der Waals surface area contributed by atoms with Crippen molar-refractivity contribution in [2.45, 2.75) is 45.1 Å². The average Bonchev–Trinajstić information content (AvgIpc) is 2.84. The van der Waals surface area contributed by atoms with Crippen molar-refractivity contribution < 1.29 is 27.5 Å². The van der Waals surface area contributed by atoms with Crippen LogP contribution in [0, 0.1) is 0 Å². The summed E-state index contributed by atoms with van der Waals surface area (Å²) in [7, 11) is 0. The Morgan fingerprint density at radius 3 is 2.90 bits per heavy atom. The summed E-state index contributed by atoms with van der Waals surface area (Å²) in [5, 5.41) is 0. The second kappa shape index (κ2) is 6.78. The molecule has 1 saturated heterocycles. The van der Waals surface area contributed by atoms with Gasteiger partial charge in [-0.1, -0.05) is 0 Å². The smallest absolute Gasteiger partial charge is 0.376 e. The van der Waals surface area contributed by atoms with E-state index >= 15 is 0 Å². The molecule has 2 rings (SSSR count). The fraction of sp³-hybridized carbons (Fsp3) is 0.692. The van der Waals surface area contributed by atoms with Crippen molar-refractivity contribution in [3.63, 3.8) is 0 Å². The fourth-order valence-corrected chi connectivity index (χ4v) is 2.12. The highest BCUT2D eigenvalue weighted by Gasteiger charge is 2.28. The van der Waals surface area contributed by atoms with Crippen LogP contribution < -0.4 is 0 Å². The molecule has 112 valence electrons. The maximum absolute atomic E-state index is 12.9. The van der Waals surface area contributed by atoms with Crippen molar-refractivity contribution in [1.82, 2.24) is 4.98 Å². The van der Waals surface area contributed by atoms with Gasteiger partial charge < -0.3 is 13.9 Å². The minimum absolute atomic E-state index is 0.0866. The minimum atomic E-state index is -2.88. The number of hydrogen-bond acceptors (Lipinski definition) is 5. The van der Waals surface area contributed by atoms with Gasteiger partial charge in [0.25, 0.3) is 6.43 Å². The first kappa shape index (κ1) is 14.9. The summed E-state index contributed by atoms with van der Waals surface area (Å²) < 4.78 is 41.0. The molecule has 1 aliphatic rings. The van der Waals surface area contributed by atoms with Crippen LogP contribution in [0.2, 0.25) is 0 Å². The maximum Gasteiger partial charge on any atom is 0.376 e. The zero-order valence-corrected chi connectivity index (χ0v) is 11.2. The summed E-state index contributed by atoms with van der Waals surface area (Å²) in [6.45, 7) is 2.33. The zero-order valence-electron chi connectivity index (χ0n) is 11.2. The summed E-state index contributed by atoms with van der Waals surface area (Å²) in [5.74, 6) is -1.32. The first-order chi connectivity index (χ1) is 9.61. The lowest BCUT2D eigenvalue weighted by Gasteiger charge is -2.20. The predicted molar refractivity (Wildman–Crippen MR) is 64.7 cm³/mol. The van der Waals surface area contributed by atoms with Crippen LogP contribution >= 0.6 is 0 Å². The van der Waals surface area contributed by atoms with E-state index in [1.807, 2.05) is 0 Å². The number of halogens is 2. The normalized spacial score (nSPS) is 19.3. The number of nitrogens with zero attached hydrogens (tertiary/aromatic N) is 1. The predicted octanol–water partition coefficient (Wildman–Crippen LogP) is 2.90. The van der Waals surface area contributed by atoms with Crippen LogP contribution in [0.5, 0.6) is 0 Å². The largest absolute Gasteiger partial charge is 0.460 e. The molecule has 2 heterocycles. The molecule has 1 fully saturated rings. The molecule has 0 bridgehead atoms. The van der Waals surface area contributed by atoms with Gasteiger partial charge in [0.05, 0.1) is 19.1 Å². The standard InChI is InChI=1S/C13H17F2NO4/c1-2-18-13(17)11-10(12(14)15)16-9(20-11)7-8-5-3-4-6-19-8/h8,12H,2-7H2,1H3. The average molecular weight is 289 g/mol. The molecular formula is C13H17F2NO4. The maximum atomic E-state index is 12.9. The van der Waals surface area contributed by atoms with Gasteiger partial charge in [0.2, 0.25) is 5.76 Å². The second-order valence-corrected chi connectivity index (χ2v) is 4.54. The number of esters is 1. The van der Waals surface area contributed by atoms with E-state index in [4.69, 9.17) is 9.15 Å². The number of aromatic nitrogens is 1. The van der Waals surface area contributed by atoms with Crippen LogP contribution in [0.1, 0.15) is 54.8 Å². The number of alkyl halides is 2. The van der Waals surface area contributed by atoms with Crippen LogP contribution in [0.15, 0.2) is 4.42 Å². The van der Waals surface area contributed by atoms with E-state index in [9.17, 15) is 13.6 Å². The third kappa shape index (κ3) is 3.53. The summed E-state index contributed by atoms with van der Waals surface area (Å²) in [6.07, 6.45) is 0.179. The van der Waals surface area contributed by atoms with Crippen molar-refractivity contribution in [3.8, 4) is 0 Å². The zero-order chi connectivity index (χ0) is 14.5. The molecule has 1 aliphatic heterocycles. The summed E-state index contributed by atoms with van der Waals surface area (Å²) in [5.41, 5.74) is -0.658. The number of ether oxygens (including phenoxy) is 2. The van der Waals surface area contributed by atoms with Gasteiger partial charge in [0, 0.05) is 6.61 Å². The van der Waals surface area contributed by atoms with Crippen molar-refractivity contribution >= 4 is 5.97 Å². The number of hydrogen-bond donors (Lipinski definition) is 0. The first-order valence-corrected chi connectivity index (χ1v) is 6.68. The molecule has 0 aromatic carbocycles. The van der Waals surface area contributed by atoms with Gasteiger partial charge in [-0.25, -0.2) is 18.6 Å². The van der Waals surface area contributed by atoms with E-state index in [2.05, 4.69) is 9.72 Å². The molecule has 1 aromatic heterocycles. The molecule has 0 amide bonds. The monoisotopic (exact) mass is 289 g/mol. The lowest BCUT2D eigenvalue weighted by Crippen LogP contribution is -2.21. The van der Waals surface area contributed by atoms with Crippen LogP contribution in [0.3, 0.4) is 0 Å². The van der Waals surface area contributed by atoms with Crippen LogP contribution in [-0.2, 0) is 15.9 Å². The van der Waals surface area contributed by atoms with E-state index in [1.54, 1.807) is 6.92 Å². The topological polar surface area (TPSA) is 61.6 Å². The van der Waals surface area contributed by atoms with Crippen molar-refractivity contribution in [1.29, 1.82) is 0 Å². The van der Waals surface area contributed by atoms with E-state index < -0.39 is 23.8 Å². The van der Waals surface area contributed by atoms with Gasteiger partial charge in [0.15, 0.2) is 11.6 Å². The molecule has 0 radical (unpaired) electrons. The fourth-order valence-electron chi connectivity index (χ4n) is 2.12. The molecule has 0 N–H and O–H groups in total. The van der Waals surface area contributed by atoms with Crippen molar-refractivity contribution in [2.24, 2.45) is 0 Å². The lowest BCUT2D eigenvalue weighted by molar-refractivity contribution is 0.0127. The van der Waals surface area contributed by atoms with E-state index in [1.165, 1.54) is 0 Å². The molecule has 0 saturated carbocycles. The molecule has 0 aliphatic carbocycles. The highest BCUT2D eigenvalue weighted by Crippen LogP contribution is 2.26. The Morgan fingerprint density at radius 2 is 2.30 bits per heavy atom. The highest BCUT2D eigenvalue weighted by atomic mass is 19.3. The summed E-state index contributed by atoms with van der Waals surface area (Å²) >= 11 is 0. The van der Waals surface area contributed by atoms with Gasteiger partial charge in [-0.2, -0.15) is 0 Å². The van der Waals surface area contributed by atoms with E-state index in [0.29, 0.717) is 13.0 Å². The highest BCUT2D eigenvalue weighted by molar-refractivity contribution is 5.87. The first-order valence-electron chi connectivity index (χ1n) is 6.68. The molecular weight excluding hydrogens is 272 g/mol. The Bertz CT molecular complexity index is 455. The number of carbonyl (C=O) groups is 1. The van der Waals surface area contributed by atoms with Gasteiger partial charge in [0.1, 0.15) is 0 Å². The van der Waals surface area contributed by atoms with Gasteiger partial charge >= 0.3 is 5.97 Å². The van der Waals surface area contributed by atoms with E-state index in [-0.39, 0.29) is 18.6 Å². The molecule has 1 atom stereocenters. The number of oxazole rings is 1. The summed E-state index contributed by atoms with van der Waals surface area (Å²) in [4.78, 5) is 15.3. The Labute approximate surface area is 115 Å². The molecule has 1 aromatic rings. The number of rotatable bonds is 5. The molecule has 20 heavy (non-hydrogen) atoms. The van der Waals surface area contributed by atoms with Gasteiger partial charge in [-0.05, 0) is 26.2 Å². The SMILES string of the molecule is CCOC(=O)c1oc(CC2CCCCO2)nc1C(F)F. The van der Waals surface area contributed by atoms with Gasteiger partial charge in [-0.3, -0.25) is 0 Å². The lowest BCUT2D eigenvalue weighted by atomic mass is 10.1. The van der Waals surface area contributed by atoms with Crippen molar-refractivity contribution in [2.75, 3.05) is 13.2 Å². The Balaban J connectivity index is 2.13. The Kier molecular flexibility index (Phi) is 5.05. The third-order valence-corrected chi connectivity index (χ3v) is 3.04. The van der Waals surface area contributed by atoms with Crippen LogP contribution in [0.25, 0.3) is 0 Å².